The summed E-state index contributed by atoms with van der Waals surface area (Å²) in [6.45, 7) is 4.13. The summed E-state index contributed by atoms with van der Waals surface area (Å²) in [7, 11) is 0. The molecule has 2 aromatic carbocycles. The maximum absolute atomic E-state index is 12.9. The zero-order valence-corrected chi connectivity index (χ0v) is 20.3. The van der Waals surface area contributed by atoms with E-state index in [0.717, 1.165) is 52.3 Å². The van der Waals surface area contributed by atoms with E-state index >= 15 is 0 Å². The van der Waals surface area contributed by atoms with E-state index in [-0.39, 0.29) is 23.2 Å². The van der Waals surface area contributed by atoms with Crippen molar-refractivity contribution in [3.63, 3.8) is 0 Å². The van der Waals surface area contributed by atoms with Crippen LogP contribution < -0.4 is 0 Å². The molecule has 0 spiro atoms. The standard InChI is InChI=1S/C31H26N4O/c1-20-26-16-15-25-28(27-10-6-7-17-33-27)34-35(30(25)31(26,2)18-23(19-32)29(20)36)24-13-11-22(12-14-24)21-8-4-3-5-9-21/h3-14,17-18,20,26H,15-16H2,1-2H3/t20-,26-,31-/m1/s1. The molecule has 5 nitrogen and oxygen atoms in total. The van der Waals surface area contributed by atoms with E-state index in [1.54, 1.807) is 6.20 Å². The van der Waals surface area contributed by atoms with E-state index in [1.165, 1.54) is 0 Å². The Labute approximate surface area is 210 Å². The molecule has 0 unspecified atom stereocenters. The van der Waals surface area contributed by atoms with Crippen LogP contribution in [-0.4, -0.2) is 20.5 Å². The summed E-state index contributed by atoms with van der Waals surface area (Å²) in [4.78, 5) is 17.5. The molecule has 6 rings (SSSR count). The number of pyridine rings is 1. The van der Waals surface area contributed by atoms with Gasteiger partial charge in [0.25, 0.3) is 0 Å². The fraction of sp³-hybridized carbons (Fsp3) is 0.226. The highest BCUT2D eigenvalue weighted by atomic mass is 16.1. The number of carbonyl (C=O) groups is 1. The third-order valence-corrected chi connectivity index (χ3v) is 7.94. The predicted molar refractivity (Wildman–Crippen MR) is 139 cm³/mol. The molecule has 5 heteroatoms. The van der Waals surface area contributed by atoms with Crippen molar-refractivity contribution < 1.29 is 4.79 Å². The topological polar surface area (TPSA) is 71.6 Å². The van der Waals surface area contributed by atoms with E-state index in [2.05, 4.69) is 54.4 Å². The first-order chi connectivity index (χ1) is 17.5. The quantitative estimate of drug-likeness (QED) is 0.363. The van der Waals surface area contributed by atoms with Crippen LogP contribution in [0.1, 0.15) is 31.5 Å². The van der Waals surface area contributed by atoms with E-state index in [0.29, 0.717) is 0 Å². The number of benzene rings is 2. The average Bonchev–Trinajstić information content (AvgIpc) is 3.33. The van der Waals surface area contributed by atoms with Gasteiger partial charge in [0.2, 0.25) is 0 Å². The molecule has 0 saturated carbocycles. The second-order valence-electron chi connectivity index (χ2n) is 9.97. The number of allylic oxidation sites excluding steroid dienone is 2. The SMILES string of the molecule is C[C@H]1C(=O)C(C#N)=C[C@@]2(C)c3c(c(-c4ccccn4)nn3-c3ccc(-c4ccccc4)cc3)CC[C@H]12. The zero-order chi connectivity index (χ0) is 24.9. The smallest absolute Gasteiger partial charge is 0.176 e. The molecule has 2 aromatic heterocycles. The van der Waals surface area contributed by atoms with Gasteiger partial charge in [-0.25, -0.2) is 4.68 Å². The van der Waals surface area contributed by atoms with Crippen molar-refractivity contribution in [3.05, 3.63) is 102 Å². The van der Waals surface area contributed by atoms with Gasteiger partial charge in [0.15, 0.2) is 5.78 Å². The van der Waals surface area contributed by atoms with Gasteiger partial charge in [-0.15, -0.1) is 0 Å². The average molecular weight is 471 g/mol. The lowest BCUT2D eigenvalue weighted by Gasteiger charge is -2.45. The minimum Gasteiger partial charge on any atom is -0.293 e. The second-order valence-corrected chi connectivity index (χ2v) is 9.97. The zero-order valence-electron chi connectivity index (χ0n) is 20.3. The molecule has 0 N–H and O–H groups in total. The van der Waals surface area contributed by atoms with Crippen molar-refractivity contribution in [2.24, 2.45) is 11.8 Å². The highest BCUT2D eigenvalue weighted by molar-refractivity contribution is 6.02. The maximum atomic E-state index is 12.9. The Morgan fingerprint density at radius 1 is 1.00 bits per heavy atom. The first-order valence-electron chi connectivity index (χ1n) is 12.4. The van der Waals surface area contributed by atoms with Crippen molar-refractivity contribution in [3.8, 4) is 34.3 Å². The number of carbonyl (C=O) groups excluding carboxylic acids is 1. The Balaban J connectivity index is 1.57. The van der Waals surface area contributed by atoms with Crippen LogP contribution in [0.25, 0.3) is 28.2 Å². The fourth-order valence-corrected chi connectivity index (χ4v) is 6.17. The molecule has 0 fully saturated rings. The van der Waals surface area contributed by atoms with Gasteiger partial charge in [0, 0.05) is 23.1 Å². The molecule has 0 aliphatic heterocycles. The molecule has 2 heterocycles. The molecule has 176 valence electrons. The Kier molecular flexibility index (Phi) is 5.19. The summed E-state index contributed by atoms with van der Waals surface area (Å²) in [6, 6.07) is 26.8. The molecular formula is C31H26N4O. The van der Waals surface area contributed by atoms with Crippen LogP contribution >= 0.6 is 0 Å². The molecule has 0 amide bonds. The van der Waals surface area contributed by atoms with Crippen molar-refractivity contribution in [1.29, 1.82) is 5.26 Å². The first-order valence-corrected chi connectivity index (χ1v) is 12.4. The monoisotopic (exact) mass is 470 g/mol. The summed E-state index contributed by atoms with van der Waals surface area (Å²) in [6.07, 6.45) is 5.37. The normalized spacial score (nSPS) is 22.8. The van der Waals surface area contributed by atoms with E-state index in [4.69, 9.17) is 5.10 Å². The number of fused-ring (bicyclic) bond motifs is 3. The Morgan fingerprint density at radius 3 is 2.42 bits per heavy atom. The molecule has 2 aliphatic carbocycles. The third-order valence-electron chi connectivity index (χ3n) is 7.94. The highest BCUT2D eigenvalue weighted by Gasteiger charge is 2.50. The van der Waals surface area contributed by atoms with Gasteiger partial charge >= 0.3 is 0 Å². The molecule has 3 atom stereocenters. The van der Waals surface area contributed by atoms with Crippen LogP contribution in [0.5, 0.6) is 0 Å². The number of nitrogens with zero attached hydrogens (tertiary/aromatic N) is 4. The number of nitriles is 1. The molecule has 2 aliphatic rings. The Bertz CT molecular complexity index is 1530. The number of Topliss-reactive ketones (excluding diaryl/α,β-unsaturated/α-hetero) is 1. The van der Waals surface area contributed by atoms with Gasteiger partial charge < -0.3 is 0 Å². The summed E-state index contributed by atoms with van der Waals surface area (Å²) < 4.78 is 2.02. The molecule has 0 bridgehead atoms. The minimum atomic E-state index is -0.496. The van der Waals surface area contributed by atoms with Crippen LogP contribution in [0.4, 0.5) is 0 Å². The number of ketones is 1. The summed E-state index contributed by atoms with van der Waals surface area (Å²) in [5.74, 6) is -0.165. The molecule has 36 heavy (non-hydrogen) atoms. The predicted octanol–water partition coefficient (Wildman–Crippen LogP) is 6.09. The summed E-state index contributed by atoms with van der Waals surface area (Å²) >= 11 is 0. The lowest BCUT2D eigenvalue weighted by molar-refractivity contribution is -0.121. The second kappa shape index (κ2) is 8.42. The van der Waals surface area contributed by atoms with Crippen LogP contribution in [-0.2, 0) is 16.6 Å². The molecular weight excluding hydrogens is 444 g/mol. The van der Waals surface area contributed by atoms with Gasteiger partial charge in [-0.1, -0.05) is 68.5 Å². The van der Waals surface area contributed by atoms with Gasteiger partial charge in [-0.2, -0.15) is 10.4 Å². The summed E-state index contributed by atoms with van der Waals surface area (Å²) in [5, 5.41) is 14.9. The van der Waals surface area contributed by atoms with E-state index < -0.39 is 5.41 Å². The Morgan fingerprint density at radius 2 is 1.72 bits per heavy atom. The van der Waals surface area contributed by atoms with E-state index in [1.807, 2.05) is 54.1 Å². The minimum absolute atomic E-state index is 0.0494. The maximum Gasteiger partial charge on any atom is 0.176 e. The van der Waals surface area contributed by atoms with Crippen LogP contribution in [0.3, 0.4) is 0 Å². The van der Waals surface area contributed by atoms with Crippen LogP contribution in [0, 0.1) is 23.2 Å². The van der Waals surface area contributed by atoms with Crippen LogP contribution in [0.2, 0.25) is 0 Å². The van der Waals surface area contributed by atoms with Crippen molar-refractivity contribution >= 4 is 5.78 Å². The molecule has 0 saturated heterocycles. The van der Waals surface area contributed by atoms with Crippen LogP contribution in [0.15, 0.2) is 90.6 Å². The third kappa shape index (κ3) is 3.33. The largest absolute Gasteiger partial charge is 0.293 e. The number of rotatable bonds is 3. The Hall–Kier alpha value is -4.30. The van der Waals surface area contributed by atoms with Gasteiger partial charge in [0.05, 0.1) is 22.6 Å². The van der Waals surface area contributed by atoms with Gasteiger partial charge in [0.1, 0.15) is 11.8 Å². The number of hydrogen-bond donors (Lipinski definition) is 0. The highest BCUT2D eigenvalue weighted by Crippen LogP contribution is 2.52. The van der Waals surface area contributed by atoms with Crippen molar-refractivity contribution in [1.82, 2.24) is 14.8 Å². The number of hydrogen-bond acceptors (Lipinski definition) is 4. The molecule has 4 aromatic rings. The van der Waals surface area contributed by atoms with Crippen molar-refractivity contribution in [2.75, 3.05) is 0 Å². The molecule has 0 radical (unpaired) electrons. The lowest BCUT2D eigenvalue weighted by atomic mass is 9.58. The first kappa shape index (κ1) is 22.2. The summed E-state index contributed by atoms with van der Waals surface area (Å²) in [5.41, 5.74) is 6.91. The van der Waals surface area contributed by atoms with E-state index in [9.17, 15) is 10.1 Å². The van der Waals surface area contributed by atoms with Gasteiger partial charge in [-0.05, 0) is 54.2 Å². The fourth-order valence-electron chi connectivity index (χ4n) is 6.17. The van der Waals surface area contributed by atoms with Crippen molar-refractivity contribution in [2.45, 2.75) is 32.1 Å². The van der Waals surface area contributed by atoms with Gasteiger partial charge in [-0.3, -0.25) is 9.78 Å². The number of aromatic nitrogens is 3. The lowest BCUT2D eigenvalue weighted by Crippen LogP contribution is -2.46.